The van der Waals surface area contributed by atoms with Gasteiger partial charge in [-0.2, -0.15) is 0 Å². The van der Waals surface area contributed by atoms with Gasteiger partial charge >= 0.3 is 0 Å². The first-order valence-electron chi connectivity index (χ1n) is 8.49. The molecule has 0 heterocycles. The highest BCUT2D eigenvalue weighted by molar-refractivity contribution is 5.98. The van der Waals surface area contributed by atoms with Gasteiger partial charge < -0.3 is 21.1 Å². The number of nitrogens with one attached hydrogen (secondary N) is 2. The smallest absolute Gasteiger partial charge is 0.251 e. The van der Waals surface area contributed by atoms with Crippen molar-refractivity contribution in [1.29, 1.82) is 0 Å². The van der Waals surface area contributed by atoms with E-state index in [-0.39, 0.29) is 30.1 Å². The third kappa shape index (κ3) is 6.49. The Labute approximate surface area is 165 Å². The lowest BCUT2D eigenvalue weighted by molar-refractivity contribution is -0.127. The van der Waals surface area contributed by atoms with Crippen LogP contribution in [0.3, 0.4) is 0 Å². The van der Waals surface area contributed by atoms with E-state index >= 15 is 0 Å². The fraction of sp³-hybridized carbons (Fsp3) is 0.300. The average Bonchev–Trinajstić information content (AvgIpc) is 2.60. The third-order valence-electron chi connectivity index (χ3n) is 3.79. The molecular formula is C20H26ClN3O3. The van der Waals surface area contributed by atoms with E-state index in [1.54, 1.807) is 18.2 Å². The molecule has 7 heteroatoms. The Morgan fingerprint density at radius 1 is 1.11 bits per heavy atom. The summed E-state index contributed by atoms with van der Waals surface area (Å²) in [6, 6.07) is 13.3. The van der Waals surface area contributed by atoms with E-state index in [9.17, 15) is 9.59 Å². The van der Waals surface area contributed by atoms with Crippen molar-refractivity contribution in [3.05, 3.63) is 54.1 Å². The molecule has 0 radical (unpaired) electrons. The number of hydrogen-bond donors (Lipinski definition) is 3. The van der Waals surface area contributed by atoms with Gasteiger partial charge in [0.15, 0.2) is 0 Å². The summed E-state index contributed by atoms with van der Waals surface area (Å²) >= 11 is 0. The summed E-state index contributed by atoms with van der Waals surface area (Å²) in [6.07, 6.45) is 0.353. The molecule has 6 nitrogen and oxygen atoms in total. The average molecular weight is 392 g/mol. The largest absolute Gasteiger partial charge is 0.495 e. The monoisotopic (exact) mass is 391 g/mol. The van der Waals surface area contributed by atoms with E-state index in [0.29, 0.717) is 29.1 Å². The van der Waals surface area contributed by atoms with E-state index in [1.165, 1.54) is 7.11 Å². The number of hydrogen-bond acceptors (Lipinski definition) is 4. The Balaban J connectivity index is 0.00000364. The summed E-state index contributed by atoms with van der Waals surface area (Å²) in [4.78, 5) is 25.0. The Morgan fingerprint density at radius 3 is 2.33 bits per heavy atom. The van der Waals surface area contributed by atoms with E-state index in [0.717, 1.165) is 0 Å². The van der Waals surface area contributed by atoms with Crippen molar-refractivity contribution in [3.63, 3.8) is 0 Å². The van der Waals surface area contributed by atoms with Crippen LogP contribution >= 0.6 is 12.4 Å². The molecule has 0 saturated carbocycles. The zero-order valence-electron chi connectivity index (χ0n) is 15.7. The van der Waals surface area contributed by atoms with Gasteiger partial charge in [0.25, 0.3) is 5.91 Å². The maximum atomic E-state index is 12.8. The van der Waals surface area contributed by atoms with E-state index in [1.807, 2.05) is 44.2 Å². The summed E-state index contributed by atoms with van der Waals surface area (Å²) in [5, 5.41) is 5.62. The third-order valence-corrected chi connectivity index (χ3v) is 3.79. The van der Waals surface area contributed by atoms with Gasteiger partial charge in [-0.3, -0.25) is 9.59 Å². The number of nitrogen functional groups attached to an aromatic ring is 1. The Kier molecular flexibility index (Phi) is 8.62. The van der Waals surface area contributed by atoms with Crippen molar-refractivity contribution in [2.75, 3.05) is 18.2 Å². The number of nitrogens with two attached hydrogens (primary N) is 1. The molecule has 0 saturated heterocycles. The molecule has 1 atom stereocenters. The molecular weight excluding hydrogens is 366 g/mol. The van der Waals surface area contributed by atoms with Gasteiger partial charge in [0, 0.05) is 12.1 Å². The second kappa shape index (κ2) is 10.4. The summed E-state index contributed by atoms with van der Waals surface area (Å²) in [5.74, 6) is 0.236. The number of benzene rings is 2. The standard InChI is InChI=1S/C20H25N3O3.ClH/c1-13(2)11-18(24)23-19(14-7-5-4-6-8-14)20(25)22-15-9-10-17(26-3)16(21)12-15;/h4-10,12-13,19H,11,21H2,1-3H3,(H,22,25)(H,23,24);1H. The molecule has 2 aromatic carbocycles. The van der Waals surface area contributed by atoms with Crippen LogP contribution in [0.5, 0.6) is 5.75 Å². The fourth-order valence-electron chi connectivity index (χ4n) is 2.56. The molecule has 0 aliphatic heterocycles. The number of carbonyl (C=O) groups excluding carboxylic acids is 2. The zero-order valence-corrected chi connectivity index (χ0v) is 16.5. The van der Waals surface area contributed by atoms with E-state index < -0.39 is 6.04 Å². The van der Waals surface area contributed by atoms with Gasteiger partial charge in [-0.05, 0) is 29.7 Å². The normalized spacial score (nSPS) is 11.3. The first-order valence-corrected chi connectivity index (χ1v) is 8.49. The molecule has 146 valence electrons. The molecule has 0 aliphatic carbocycles. The van der Waals surface area contributed by atoms with Crippen LogP contribution in [0.15, 0.2) is 48.5 Å². The number of ether oxygens (including phenoxy) is 1. The first-order chi connectivity index (χ1) is 12.4. The summed E-state index contributed by atoms with van der Waals surface area (Å²) in [6.45, 7) is 3.91. The van der Waals surface area contributed by atoms with Crippen LogP contribution < -0.4 is 21.1 Å². The van der Waals surface area contributed by atoms with Crippen LogP contribution in [0.25, 0.3) is 0 Å². The van der Waals surface area contributed by atoms with Crippen molar-refractivity contribution in [1.82, 2.24) is 5.32 Å². The van der Waals surface area contributed by atoms with Gasteiger partial charge in [0.05, 0.1) is 12.8 Å². The van der Waals surface area contributed by atoms with Crippen molar-refractivity contribution in [2.45, 2.75) is 26.3 Å². The maximum absolute atomic E-state index is 12.8. The molecule has 2 rings (SSSR count). The summed E-state index contributed by atoms with van der Waals surface area (Å²) < 4.78 is 5.12. The van der Waals surface area contributed by atoms with E-state index in [2.05, 4.69) is 10.6 Å². The van der Waals surface area contributed by atoms with Crippen molar-refractivity contribution >= 4 is 35.6 Å². The van der Waals surface area contributed by atoms with Gasteiger partial charge in [0.2, 0.25) is 5.91 Å². The van der Waals surface area contributed by atoms with Gasteiger partial charge in [-0.1, -0.05) is 44.2 Å². The van der Waals surface area contributed by atoms with Crippen LogP contribution in [0.1, 0.15) is 31.9 Å². The molecule has 1 unspecified atom stereocenters. The SMILES string of the molecule is COc1ccc(NC(=O)C(NC(=O)CC(C)C)c2ccccc2)cc1N.Cl. The number of methoxy groups -OCH3 is 1. The number of halogens is 1. The second-order valence-electron chi connectivity index (χ2n) is 6.46. The second-order valence-corrected chi connectivity index (χ2v) is 6.46. The Morgan fingerprint density at radius 2 is 1.78 bits per heavy atom. The van der Waals surface area contributed by atoms with Gasteiger partial charge in [-0.15, -0.1) is 12.4 Å². The molecule has 27 heavy (non-hydrogen) atoms. The van der Waals surface area contributed by atoms with Crippen molar-refractivity contribution in [3.8, 4) is 5.75 Å². The minimum absolute atomic E-state index is 0. The lowest BCUT2D eigenvalue weighted by Gasteiger charge is -2.20. The highest BCUT2D eigenvalue weighted by atomic mass is 35.5. The maximum Gasteiger partial charge on any atom is 0.251 e. The highest BCUT2D eigenvalue weighted by Crippen LogP contribution is 2.25. The van der Waals surface area contributed by atoms with Gasteiger partial charge in [-0.25, -0.2) is 0 Å². The van der Waals surface area contributed by atoms with Gasteiger partial charge in [0.1, 0.15) is 11.8 Å². The van der Waals surface area contributed by atoms with Crippen molar-refractivity contribution in [2.24, 2.45) is 5.92 Å². The predicted molar refractivity (Wildman–Crippen MR) is 110 cm³/mol. The Hall–Kier alpha value is -2.73. The summed E-state index contributed by atoms with van der Waals surface area (Å²) in [7, 11) is 1.53. The van der Waals surface area contributed by atoms with Crippen LogP contribution in [-0.2, 0) is 9.59 Å². The van der Waals surface area contributed by atoms with Crippen LogP contribution in [0.2, 0.25) is 0 Å². The van der Waals surface area contributed by atoms with Crippen LogP contribution in [-0.4, -0.2) is 18.9 Å². The first kappa shape index (κ1) is 22.3. The molecule has 0 spiro atoms. The van der Waals surface area contributed by atoms with Crippen molar-refractivity contribution < 1.29 is 14.3 Å². The predicted octanol–water partition coefficient (Wildman–Crippen LogP) is 3.54. The lowest BCUT2D eigenvalue weighted by Crippen LogP contribution is -2.37. The number of anilines is 2. The fourth-order valence-corrected chi connectivity index (χ4v) is 2.56. The van der Waals surface area contributed by atoms with Crippen LogP contribution in [0.4, 0.5) is 11.4 Å². The van der Waals surface area contributed by atoms with Crippen LogP contribution in [0, 0.1) is 5.92 Å². The lowest BCUT2D eigenvalue weighted by atomic mass is 10.0. The molecule has 4 N–H and O–H groups in total. The number of amides is 2. The molecule has 2 aromatic rings. The minimum Gasteiger partial charge on any atom is -0.495 e. The topological polar surface area (TPSA) is 93.5 Å². The quantitative estimate of drug-likeness (QED) is 0.629. The minimum atomic E-state index is -0.786. The number of carbonyl (C=O) groups is 2. The molecule has 0 fully saturated rings. The molecule has 0 bridgehead atoms. The summed E-state index contributed by atoms with van der Waals surface area (Å²) in [5.41, 5.74) is 7.55. The highest BCUT2D eigenvalue weighted by Gasteiger charge is 2.23. The van der Waals surface area contributed by atoms with E-state index in [4.69, 9.17) is 10.5 Å². The molecule has 0 aromatic heterocycles. The molecule has 2 amide bonds. The zero-order chi connectivity index (χ0) is 19.1. The molecule has 0 aliphatic rings. The Bertz CT molecular complexity index is 766. The number of rotatable bonds is 7.